The van der Waals surface area contributed by atoms with E-state index in [1.807, 2.05) is 48.5 Å². The zero-order valence-electron chi connectivity index (χ0n) is 21.3. The molecular weight excluding hydrogens is 620 g/mol. The van der Waals surface area contributed by atoms with Gasteiger partial charge >= 0.3 is 11.9 Å². The van der Waals surface area contributed by atoms with Crippen LogP contribution in [-0.2, 0) is 28.7 Å². The van der Waals surface area contributed by atoms with E-state index >= 15 is 0 Å². The second-order valence-corrected chi connectivity index (χ2v) is 12.4. The number of esters is 2. The molecule has 1 aliphatic carbocycles. The summed E-state index contributed by atoms with van der Waals surface area (Å²) in [7, 11) is 2.52. The topological polar surface area (TPSA) is 111 Å². The average molecular weight is 648 g/mol. The Morgan fingerprint density at radius 3 is 1.34 bits per heavy atom. The molecule has 38 heavy (non-hydrogen) atoms. The summed E-state index contributed by atoms with van der Waals surface area (Å²) in [6.07, 6.45) is 0. The number of rotatable bonds is 4. The van der Waals surface area contributed by atoms with Crippen LogP contribution < -0.4 is 10.6 Å². The number of hydrogen-bond acceptors (Lipinski definition) is 8. The van der Waals surface area contributed by atoms with E-state index in [0.29, 0.717) is 0 Å². The highest BCUT2D eigenvalue weighted by molar-refractivity contribution is 9.10. The van der Waals surface area contributed by atoms with Gasteiger partial charge in [0.05, 0.1) is 26.1 Å². The minimum absolute atomic E-state index is 0.180. The maximum atomic E-state index is 14.6. The van der Waals surface area contributed by atoms with Crippen LogP contribution in [0.5, 0.6) is 0 Å². The molecule has 0 radical (unpaired) electrons. The molecule has 8 atom stereocenters. The van der Waals surface area contributed by atoms with Crippen molar-refractivity contribution in [1.82, 2.24) is 10.6 Å². The molecular formula is C28H28Br2N2O6. The quantitative estimate of drug-likeness (QED) is 0.484. The summed E-state index contributed by atoms with van der Waals surface area (Å²) in [5.41, 5.74) is -1.39. The van der Waals surface area contributed by atoms with Crippen molar-refractivity contribution in [2.45, 2.75) is 37.0 Å². The molecule has 2 aliphatic heterocycles. The summed E-state index contributed by atoms with van der Waals surface area (Å²) >= 11 is 6.88. The lowest BCUT2D eigenvalue weighted by molar-refractivity contribution is -0.160. The van der Waals surface area contributed by atoms with Gasteiger partial charge in [0.2, 0.25) is 0 Å². The number of methoxy groups -OCH3 is 2. The molecule has 3 fully saturated rings. The van der Waals surface area contributed by atoms with Crippen LogP contribution in [0.3, 0.4) is 0 Å². The Kier molecular flexibility index (Phi) is 6.91. The predicted molar refractivity (Wildman–Crippen MR) is 145 cm³/mol. The lowest BCUT2D eigenvalue weighted by Crippen LogP contribution is -2.61. The highest BCUT2D eigenvalue weighted by atomic mass is 79.9. The van der Waals surface area contributed by atoms with Crippen molar-refractivity contribution in [1.29, 1.82) is 0 Å². The number of nitrogens with one attached hydrogen (secondary N) is 2. The van der Waals surface area contributed by atoms with E-state index < -0.39 is 58.8 Å². The van der Waals surface area contributed by atoms with Crippen LogP contribution in [-0.4, -0.2) is 48.8 Å². The summed E-state index contributed by atoms with van der Waals surface area (Å²) in [4.78, 5) is 55.4. The normalized spacial score (nSPS) is 35.9. The largest absolute Gasteiger partial charge is 0.468 e. The van der Waals surface area contributed by atoms with Crippen molar-refractivity contribution in [3.8, 4) is 0 Å². The molecule has 3 aliphatic rings. The molecule has 8 nitrogen and oxygen atoms in total. The molecule has 2 aromatic carbocycles. The number of fused-ring (bicyclic) bond motifs is 2. The Bertz CT molecular complexity index is 1220. The molecule has 5 rings (SSSR count). The first-order valence-corrected chi connectivity index (χ1v) is 13.9. The number of carbonyl (C=O) groups excluding carboxylic acids is 4. The summed E-state index contributed by atoms with van der Waals surface area (Å²) in [6, 6.07) is 13.7. The molecule has 2 N–H and O–H groups in total. The van der Waals surface area contributed by atoms with Gasteiger partial charge in [0.15, 0.2) is 0 Å². The maximum Gasteiger partial charge on any atom is 0.326 e. The fourth-order valence-electron chi connectivity index (χ4n) is 6.82. The summed E-state index contributed by atoms with van der Waals surface area (Å²) in [6.45, 7) is 3.20. The van der Waals surface area contributed by atoms with Gasteiger partial charge in [-0.2, -0.15) is 0 Å². The molecule has 1 saturated carbocycles. The molecule has 2 heterocycles. The van der Waals surface area contributed by atoms with Gasteiger partial charge < -0.3 is 9.47 Å². The number of halogens is 2. The SMILES string of the molecule is COC(=O)[C@@]1(C)N[C@@H](c2ccc(Br)cc2)[C@H]2C(=O)[C@H]3[C@@H](C(=O)[C@H]21)[C@@](C)(C(=O)OC)N[C@H]3c1ccc(Br)cc1. The minimum atomic E-state index is -1.47. The molecule has 2 aromatic rings. The minimum Gasteiger partial charge on any atom is -0.468 e. The Balaban J connectivity index is 1.69. The second-order valence-electron chi connectivity index (χ2n) is 10.5. The Morgan fingerprint density at radius 2 is 1.03 bits per heavy atom. The third-order valence-corrected chi connectivity index (χ3v) is 9.60. The zero-order valence-corrected chi connectivity index (χ0v) is 24.5. The number of carbonyl (C=O) groups is 4. The highest BCUT2D eigenvalue weighted by Crippen LogP contribution is 2.57. The standard InChI is InChI=1S/C28H28Br2N2O6/c1-27(25(35)37-3)19-17(21(31-27)13-5-9-15(29)10-6-13)23(33)18-20(24(19)34)28(2,26(36)38-4)32-22(18)14-7-11-16(30)12-8-14/h5-12,17-22,31-32H,1-4H3/t17-,18-,19-,20-,21-,22-,27-,28-/m0/s1. The van der Waals surface area contributed by atoms with E-state index in [9.17, 15) is 19.2 Å². The van der Waals surface area contributed by atoms with Gasteiger partial charge in [-0.25, -0.2) is 0 Å². The van der Waals surface area contributed by atoms with Gasteiger partial charge in [-0.3, -0.25) is 29.8 Å². The number of ketones is 2. The fraction of sp³-hybridized carbons (Fsp3) is 0.429. The molecule has 0 amide bonds. The third-order valence-electron chi connectivity index (χ3n) is 8.54. The predicted octanol–water partition coefficient (Wildman–Crippen LogP) is 3.68. The Morgan fingerprint density at radius 1 is 0.684 bits per heavy atom. The van der Waals surface area contributed by atoms with E-state index in [1.165, 1.54) is 14.2 Å². The first-order valence-electron chi connectivity index (χ1n) is 12.3. The van der Waals surface area contributed by atoms with Crippen LogP contribution in [0.15, 0.2) is 57.5 Å². The van der Waals surface area contributed by atoms with Crippen molar-refractivity contribution in [2.24, 2.45) is 23.7 Å². The molecule has 0 unspecified atom stereocenters. The van der Waals surface area contributed by atoms with Crippen molar-refractivity contribution >= 4 is 55.4 Å². The molecule has 0 spiro atoms. The van der Waals surface area contributed by atoms with Gasteiger partial charge in [-0.1, -0.05) is 56.1 Å². The van der Waals surface area contributed by atoms with Crippen LogP contribution in [0.1, 0.15) is 37.1 Å². The van der Waals surface area contributed by atoms with E-state index in [4.69, 9.17) is 9.47 Å². The van der Waals surface area contributed by atoms with Crippen LogP contribution in [0, 0.1) is 23.7 Å². The van der Waals surface area contributed by atoms with Gasteiger partial charge in [0.1, 0.15) is 22.6 Å². The summed E-state index contributed by atoms with van der Waals surface area (Å²) < 4.78 is 12.0. The Hall–Kier alpha value is -2.40. The number of hydrogen-bond donors (Lipinski definition) is 2. The molecule has 0 aromatic heterocycles. The van der Waals surface area contributed by atoms with Crippen LogP contribution in [0.25, 0.3) is 0 Å². The van der Waals surface area contributed by atoms with E-state index in [0.717, 1.165) is 20.1 Å². The van der Waals surface area contributed by atoms with Crippen LogP contribution >= 0.6 is 31.9 Å². The zero-order chi connectivity index (χ0) is 27.6. The Labute approximate surface area is 237 Å². The van der Waals surface area contributed by atoms with E-state index in [2.05, 4.69) is 42.5 Å². The fourth-order valence-corrected chi connectivity index (χ4v) is 7.35. The third kappa shape index (κ3) is 3.91. The van der Waals surface area contributed by atoms with Gasteiger partial charge in [0.25, 0.3) is 0 Å². The van der Waals surface area contributed by atoms with Gasteiger partial charge in [-0.05, 0) is 49.2 Å². The first-order chi connectivity index (χ1) is 18.0. The van der Waals surface area contributed by atoms with Crippen molar-refractivity contribution in [3.05, 3.63) is 68.6 Å². The maximum absolute atomic E-state index is 14.6. The lowest BCUT2D eigenvalue weighted by atomic mass is 9.58. The van der Waals surface area contributed by atoms with Gasteiger partial charge in [0, 0.05) is 32.9 Å². The van der Waals surface area contributed by atoms with Crippen LogP contribution in [0.4, 0.5) is 0 Å². The number of Topliss-reactive ketones (excluding diaryl/α,β-unsaturated/α-hetero) is 2. The summed E-state index contributed by atoms with van der Waals surface area (Å²) in [5, 5.41) is 6.61. The van der Waals surface area contributed by atoms with E-state index in [-0.39, 0.29) is 11.6 Å². The first kappa shape index (κ1) is 27.2. The molecule has 200 valence electrons. The highest BCUT2D eigenvalue weighted by Gasteiger charge is 2.72. The number of ether oxygens (including phenoxy) is 2. The smallest absolute Gasteiger partial charge is 0.326 e. The van der Waals surface area contributed by atoms with Crippen molar-refractivity contribution in [2.75, 3.05) is 14.2 Å². The van der Waals surface area contributed by atoms with E-state index in [1.54, 1.807) is 13.8 Å². The van der Waals surface area contributed by atoms with Crippen molar-refractivity contribution in [3.63, 3.8) is 0 Å². The monoisotopic (exact) mass is 646 g/mol. The second kappa shape index (κ2) is 9.66. The van der Waals surface area contributed by atoms with Crippen molar-refractivity contribution < 1.29 is 28.7 Å². The van der Waals surface area contributed by atoms with Gasteiger partial charge in [-0.15, -0.1) is 0 Å². The average Bonchev–Trinajstić information content (AvgIpc) is 3.41. The summed E-state index contributed by atoms with van der Waals surface area (Å²) in [5.74, 6) is -5.54. The molecule has 2 saturated heterocycles. The van der Waals surface area contributed by atoms with Crippen LogP contribution in [0.2, 0.25) is 0 Å². The number of benzene rings is 2. The molecule has 10 heteroatoms. The molecule has 0 bridgehead atoms. The lowest BCUT2D eigenvalue weighted by Gasteiger charge is -2.41.